The summed E-state index contributed by atoms with van der Waals surface area (Å²) >= 11 is 0.789. The van der Waals surface area contributed by atoms with Crippen molar-refractivity contribution in [1.29, 1.82) is 0 Å². The predicted molar refractivity (Wildman–Crippen MR) is 109 cm³/mol. The highest BCUT2D eigenvalue weighted by molar-refractivity contribution is 7.21. The number of rotatable bonds is 3. The Morgan fingerprint density at radius 1 is 0.844 bits per heavy atom. The number of carbonyl (C=O) groups excluding carboxylic acids is 1. The zero-order valence-electron chi connectivity index (χ0n) is 15.9. The Morgan fingerprint density at radius 2 is 1.53 bits per heavy atom. The van der Waals surface area contributed by atoms with E-state index in [9.17, 15) is 31.1 Å². The Morgan fingerprint density at radius 3 is 2.19 bits per heavy atom. The standard InChI is InChI=1S/C22H12F6N2OS/c23-21(24,25)13-7-4-8-15(9-13)30-20(31)19-17(12-5-2-1-3-6-12)18-16(32-19)10-14(11-29-18)22(26,27)28/h1-11H,(H,30,31). The molecular weight excluding hydrogens is 454 g/mol. The minimum atomic E-state index is -4.61. The van der Waals surface area contributed by atoms with Crippen LogP contribution in [0.25, 0.3) is 21.3 Å². The fourth-order valence-corrected chi connectivity index (χ4v) is 4.24. The van der Waals surface area contributed by atoms with Gasteiger partial charge in [-0.25, -0.2) is 0 Å². The third-order valence-corrected chi connectivity index (χ3v) is 5.70. The van der Waals surface area contributed by atoms with E-state index >= 15 is 0 Å². The lowest BCUT2D eigenvalue weighted by Gasteiger charge is -2.10. The van der Waals surface area contributed by atoms with Crippen molar-refractivity contribution in [2.75, 3.05) is 5.32 Å². The SMILES string of the molecule is O=C(Nc1cccc(C(F)(F)F)c1)c1sc2cc(C(F)(F)F)cnc2c1-c1ccccc1. The molecule has 164 valence electrons. The molecule has 0 saturated carbocycles. The van der Waals surface area contributed by atoms with Crippen LogP contribution in [0.5, 0.6) is 0 Å². The zero-order chi connectivity index (χ0) is 23.1. The number of halogens is 6. The highest BCUT2D eigenvalue weighted by atomic mass is 32.1. The van der Waals surface area contributed by atoms with E-state index in [1.54, 1.807) is 30.3 Å². The van der Waals surface area contributed by atoms with Gasteiger partial charge < -0.3 is 5.32 Å². The first-order chi connectivity index (χ1) is 15.0. The number of amides is 1. The molecule has 4 rings (SSSR count). The molecule has 10 heteroatoms. The summed E-state index contributed by atoms with van der Waals surface area (Å²) in [6.07, 6.45) is -8.51. The Hall–Kier alpha value is -3.40. The normalized spacial score (nSPS) is 12.2. The van der Waals surface area contributed by atoms with E-state index in [2.05, 4.69) is 10.3 Å². The van der Waals surface area contributed by atoms with Gasteiger partial charge in [-0.1, -0.05) is 36.4 Å². The van der Waals surface area contributed by atoms with Gasteiger partial charge in [0.05, 0.1) is 21.3 Å². The fraction of sp³-hybridized carbons (Fsp3) is 0.0909. The monoisotopic (exact) mass is 466 g/mol. The van der Waals surface area contributed by atoms with E-state index in [-0.39, 0.29) is 20.8 Å². The molecular formula is C22H12F6N2OS. The number of hydrogen-bond acceptors (Lipinski definition) is 3. The number of anilines is 1. The number of aromatic nitrogens is 1. The summed E-state index contributed by atoms with van der Waals surface area (Å²) < 4.78 is 78.4. The van der Waals surface area contributed by atoms with Gasteiger partial charge >= 0.3 is 12.4 Å². The minimum absolute atomic E-state index is 0.0374. The van der Waals surface area contributed by atoms with Gasteiger partial charge in [-0.15, -0.1) is 11.3 Å². The molecule has 0 aliphatic carbocycles. The van der Waals surface area contributed by atoms with Crippen molar-refractivity contribution >= 4 is 33.1 Å². The molecule has 0 spiro atoms. The van der Waals surface area contributed by atoms with Gasteiger partial charge in [-0.2, -0.15) is 26.3 Å². The maximum absolute atomic E-state index is 13.1. The van der Waals surface area contributed by atoms with Crippen LogP contribution in [0.2, 0.25) is 0 Å². The summed E-state index contributed by atoms with van der Waals surface area (Å²) in [5.41, 5.74) is -0.945. The van der Waals surface area contributed by atoms with Crippen LogP contribution in [0, 0.1) is 0 Å². The van der Waals surface area contributed by atoms with E-state index in [1.165, 1.54) is 6.07 Å². The van der Waals surface area contributed by atoms with E-state index in [0.717, 1.165) is 35.6 Å². The Bertz CT molecular complexity index is 1300. The first-order valence-electron chi connectivity index (χ1n) is 9.08. The van der Waals surface area contributed by atoms with Crippen LogP contribution in [0.4, 0.5) is 32.0 Å². The summed E-state index contributed by atoms with van der Waals surface area (Å²) in [7, 11) is 0. The lowest BCUT2D eigenvalue weighted by atomic mass is 10.0. The van der Waals surface area contributed by atoms with Gasteiger partial charge in [0, 0.05) is 17.4 Å². The van der Waals surface area contributed by atoms with Crippen molar-refractivity contribution in [1.82, 2.24) is 4.98 Å². The number of benzene rings is 2. The molecule has 2 aromatic heterocycles. The van der Waals surface area contributed by atoms with Gasteiger partial charge in [-0.3, -0.25) is 9.78 Å². The highest BCUT2D eigenvalue weighted by Crippen LogP contribution is 2.40. The summed E-state index contributed by atoms with van der Waals surface area (Å²) in [4.78, 5) is 17.0. The zero-order valence-corrected chi connectivity index (χ0v) is 16.7. The molecule has 0 unspecified atom stereocenters. The van der Waals surface area contributed by atoms with Crippen LogP contribution in [0.15, 0.2) is 66.9 Å². The van der Waals surface area contributed by atoms with Gasteiger partial charge in [0.2, 0.25) is 0 Å². The second-order valence-electron chi connectivity index (χ2n) is 6.77. The molecule has 2 heterocycles. The van der Waals surface area contributed by atoms with Crippen LogP contribution in [0.3, 0.4) is 0 Å². The van der Waals surface area contributed by atoms with Crippen molar-refractivity contribution in [3.63, 3.8) is 0 Å². The number of hydrogen-bond donors (Lipinski definition) is 1. The quantitative estimate of drug-likeness (QED) is 0.323. The summed E-state index contributed by atoms with van der Waals surface area (Å²) in [5.74, 6) is -0.750. The van der Waals surface area contributed by atoms with Gasteiger partial charge in [0.1, 0.15) is 4.88 Å². The van der Waals surface area contributed by atoms with Crippen molar-refractivity contribution in [3.8, 4) is 11.1 Å². The molecule has 4 aromatic rings. The molecule has 0 aliphatic heterocycles. The second-order valence-corrected chi connectivity index (χ2v) is 7.83. The third-order valence-electron chi connectivity index (χ3n) is 4.57. The van der Waals surface area contributed by atoms with Crippen LogP contribution < -0.4 is 5.32 Å². The van der Waals surface area contributed by atoms with E-state index < -0.39 is 29.4 Å². The van der Waals surface area contributed by atoms with Crippen LogP contribution in [0.1, 0.15) is 20.8 Å². The molecule has 0 fully saturated rings. The molecule has 2 aromatic carbocycles. The number of thiophene rings is 1. The molecule has 0 bridgehead atoms. The Labute approximate surface area is 181 Å². The summed E-state index contributed by atoms with van der Waals surface area (Å²) in [6.45, 7) is 0. The van der Waals surface area contributed by atoms with Crippen LogP contribution in [-0.4, -0.2) is 10.9 Å². The van der Waals surface area contributed by atoms with Crippen molar-refractivity contribution in [2.45, 2.75) is 12.4 Å². The van der Waals surface area contributed by atoms with E-state index in [0.29, 0.717) is 17.3 Å². The Balaban J connectivity index is 1.81. The molecule has 0 radical (unpaired) electrons. The van der Waals surface area contributed by atoms with E-state index in [1.807, 2.05) is 0 Å². The molecule has 1 N–H and O–H groups in total. The molecule has 0 saturated heterocycles. The largest absolute Gasteiger partial charge is 0.417 e. The number of pyridine rings is 1. The average molecular weight is 466 g/mol. The average Bonchev–Trinajstić information content (AvgIpc) is 3.12. The van der Waals surface area contributed by atoms with Crippen molar-refractivity contribution in [2.24, 2.45) is 0 Å². The van der Waals surface area contributed by atoms with Crippen molar-refractivity contribution in [3.05, 3.63) is 82.9 Å². The molecule has 3 nitrogen and oxygen atoms in total. The number of nitrogens with zero attached hydrogens (tertiary/aromatic N) is 1. The lowest BCUT2D eigenvalue weighted by molar-refractivity contribution is -0.138. The first kappa shape index (κ1) is 21.8. The summed E-state index contributed by atoms with van der Waals surface area (Å²) in [6, 6.07) is 13.5. The minimum Gasteiger partial charge on any atom is -0.321 e. The third kappa shape index (κ3) is 4.31. The molecule has 1 amide bonds. The fourth-order valence-electron chi connectivity index (χ4n) is 3.13. The van der Waals surface area contributed by atoms with Gasteiger partial charge in [0.15, 0.2) is 0 Å². The first-order valence-corrected chi connectivity index (χ1v) is 9.89. The van der Waals surface area contributed by atoms with Gasteiger partial charge in [-0.05, 0) is 29.8 Å². The highest BCUT2D eigenvalue weighted by Gasteiger charge is 2.33. The number of fused-ring (bicyclic) bond motifs is 1. The molecule has 0 atom stereocenters. The number of carbonyl (C=O) groups is 1. The Kier molecular flexibility index (Phi) is 5.41. The van der Waals surface area contributed by atoms with Gasteiger partial charge in [0.25, 0.3) is 5.91 Å². The summed E-state index contributed by atoms with van der Waals surface area (Å²) in [5, 5.41) is 2.41. The van der Waals surface area contributed by atoms with Crippen LogP contribution >= 0.6 is 11.3 Å². The van der Waals surface area contributed by atoms with E-state index in [4.69, 9.17) is 0 Å². The lowest BCUT2D eigenvalue weighted by Crippen LogP contribution is -2.12. The number of nitrogens with one attached hydrogen (secondary N) is 1. The number of alkyl halides is 6. The molecule has 32 heavy (non-hydrogen) atoms. The smallest absolute Gasteiger partial charge is 0.321 e. The topological polar surface area (TPSA) is 42.0 Å². The molecule has 0 aliphatic rings. The maximum atomic E-state index is 13.1. The van der Waals surface area contributed by atoms with Crippen molar-refractivity contribution < 1.29 is 31.1 Å². The predicted octanol–water partition coefficient (Wildman–Crippen LogP) is 7.25. The maximum Gasteiger partial charge on any atom is 0.417 e. The van der Waals surface area contributed by atoms with Crippen LogP contribution in [-0.2, 0) is 12.4 Å². The second kappa shape index (κ2) is 7.94.